The first-order valence-electron chi connectivity index (χ1n) is 6.73. The van der Waals surface area contributed by atoms with Gasteiger partial charge in [-0.05, 0) is 54.4 Å². The van der Waals surface area contributed by atoms with Crippen LogP contribution in [0.5, 0.6) is 0 Å². The van der Waals surface area contributed by atoms with Crippen molar-refractivity contribution in [3.8, 4) is 11.1 Å². The summed E-state index contributed by atoms with van der Waals surface area (Å²) in [7, 11) is 4.22. The Bertz CT molecular complexity index is 650. The Hall–Kier alpha value is -1.86. The molecule has 19 heavy (non-hydrogen) atoms. The monoisotopic (exact) mass is 249 g/mol. The number of benzene rings is 2. The predicted octanol–water partition coefficient (Wildman–Crippen LogP) is 3.97. The minimum absolute atomic E-state index is 0.970. The summed E-state index contributed by atoms with van der Waals surface area (Å²) in [5.41, 5.74) is 8.27. The zero-order valence-electron chi connectivity index (χ0n) is 11.8. The molecule has 1 aliphatic rings. The summed E-state index contributed by atoms with van der Waals surface area (Å²) in [4.78, 5) is 2.20. The molecule has 96 valence electrons. The first-order valence-corrected chi connectivity index (χ1v) is 6.73. The van der Waals surface area contributed by atoms with Gasteiger partial charge in [-0.25, -0.2) is 0 Å². The number of aryl methyl sites for hydroxylation is 1. The predicted molar refractivity (Wildman–Crippen MR) is 82.2 cm³/mol. The number of likely N-dealkylation sites (N-methyl/N-ethyl adjacent to an activating group) is 1. The fourth-order valence-electron chi connectivity index (χ4n) is 2.82. The maximum Gasteiger partial charge on any atom is 0.0166 e. The standard InChI is InChI=1S/C18H19N/c1-13-7-6-10-16-14-8-4-5-9-15(14)17(18(13)16)11-12-19(2)3/h4-11H,12H2,1-3H3/b17-11-. The normalized spacial score (nSPS) is 14.8. The summed E-state index contributed by atoms with van der Waals surface area (Å²) >= 11 is 0. The molecule has 0 spiro atoms. The number of rotatable bonds is 2. The Labute approximate surface area is 115 Å². The number of nitrogens with zero attached hydrogens (tertiary/aromatic N) is 1. The average molecular weight is 249 g/mol. The molecule has 1 nitrogen and oxygen atoms in total. The van der Waals surface area contributed by atoms with Gasteiger partial charge in [-0.2, -0.15) is 0 Å². The van der Waals surface area contributed by atoms with Gasteiger partial charge in [-0.3, -0.25) is 0 Å². The topological polar surface area (TPSA) is 3.24 Å². The van der Waals surface area contributed by atoms with Crippen molar-refractivity contribution in [2.24, 2.45) is 0 Å². The zero-order chi connectivity index (χ0) is 13.4. The second kappa shape index (κ2) is 4.67. The molecule has 2 aromatic rings. The minimum Gasteiger partial charge on any atom is -0.306 e. The molecule has 1 aliphatic carbocycles. The van der Waals surface area contributed by atoms with Crippen LogP contribution in [0.15, 0.2) is 48.5 Å². The lowest BCUT2D eigenvalue weighted by Gasteiger charge is -2.09. The molecule has 0 aromatic heterocycles. The van der Waals surface area contributed by atoms with Gasteiger partial charge in [0.2, 0.25) is 0 Å². The van der Waals surface area contributed by atoms with Crippen LogP contribution in [0, 0.1) is 6.92 Å². The van der Waals surface area contributed by atoms with Crippen molar-refractivity contribution < 1.29 is 0 Å². The fourth-order valence-corrected chi connectivity index (χ4v) is 2.82. The molecule has 0 saturated heterocycles. The van der Waals surface area contributed by atoms with Crippen molar-refractivity contribution in [1.29, 1.82) is 0 Å². The molecule has 1 heteroatoms. The molecule has 2 aromatic carbocycles. The van der Waals surface area contributed by atoms with E-state index in [0.29, 0.717) is 0 Å². The summed E-state index contributed by atoms with van der Waals surface area (Å²) in [6, 6.07) is 15.3. The van der Waals surface area contributed by atoms with E-state index in [9.17, 15) is 0 Å². The maximum absolute atomic E-state index is 2.34. The lowest BCUT2D eigenvalue weighted by atomic mass is 9.99. The Morgan fingerprint density at radius 3 is 2.32 bits per heavy atom. The highest BCUT2D eigenvalue weighted by atomic mass is 15.0. The molecule has 3 rings (SSSR count). The van der Waals surface area contributed by atoms with Crippen LogP contribution in [0.4, 0.5) is 0 Å². The quantitative estimate of drug-likeness (QED) is 0.664. The third kappa shape index (κ3) is 2.00. The van der Waals surface area contributed by atoms with Crippen molar-refractivity contribution >= 4 is 5.57 Å². The Morgan fingerprint density at radius 2 is 1.58 bits per heavy atom. The lowest BCUT2D eigenvalue weighted by molar-refractivity contribution is 0.457. The van der Waals surface area contributed by atoms with E-state index >= 15 is 0 Å². The van der Waals surface area contributed by atoms with Gasteiger partial charge in [0.15, 0.2) is 0 Å². The molecule has 0 aliphatic heterocycles. The summed E-state index contributed by atoms with van der Waals surface area (Å²) in [5, 5.41) is 0. The van der Waals surface area contributed by atoms with E-state index in [4.69, 9.17) is 0 Å². The van der Waals surface area contributed by atoms with Crippen molar-refractivity contribution in [1.82, 2.24) is 4.90 Å². The molecule has 0 N–H and O–H groups in total. The molecule has 0 saturated carbocycles. The number of hydrogen-bond acceptors (Lipinski definition) is 1. The van der Waals surface area contributed by atoms with E-state index in [1.165, 1.54) is 33.4 Å². The summed E-state index contributed by atoms with van der Waals surface area (Å²) in [6.45, 7) is 3.17. The Morgan fingerprint density at radius 1 is 0.895 bits per heavy atom. The first kappa shape index (κ1) is 12.2. The van der Waals surface area contributed by atoms with E-state index in [0.717, 1.165) is 6.54 Å². The zero-order valence-corrected chi connectivity index (χ0v) is 11.8. The summed E-state index contributed by atoms with van der Waals surface area (Å²) < 4.78 is 0. The number of hydrogen-bond donors (Lipinski definition) is 0. The lowest BCUT2D eigenvalue weighted by Crippen LogP contribution is -2.11. The third-order valence-corrected chi connectivity index (χ3v) is 3.71. The van der Waals surface area contributed by atoms with Gasteiger partial charge in [-0.15, -0.1) is 0 Å². The van der Waals surface area contributed by atoms with Crippen LogP contribution < -0.4 is 0 Å². The van der Waals surface area contributed by atoms with Gasteiger partial charge >= 0.3 is 0 Å². The highest BCUT2D eigenvalue weighted by molar-refractivity contribution is 6.02. The van der Waals surface area contributed by atoms with Crippen LogP contribution in [0.3, 0.4) is 0 Å². The molecule has 0 atom stereocenters. The van der Waals surface area contributed by atoms with Crippen LogP contribution in [-0.2, 0) is 0 Å². The van der Waals surface area contributed by atoms with Crippen LogP contribution in [0.1, 0.15) is 16.7 Å². The van der Waals surface area contributed by atoms with Crippen LogP contribution in [0.25, 0.3) is 16.7 Å². The van der Waals surface area contributed by atoms with Gasteiger partial charge in [0.05, 0.1) is 0 Å². The second-order valence-corrected chi connectivity index (χ2v) is 5.42. The van der Waals surface area contributed by atoms with Crippen molar-refractivity contribution in [3.63, 3.8) is 0 Å². The van der Waals surface area contributed by atoms with Crippen LogP contribution in [0.2, 0.25) is 0 Å². The van der Waals surface area contributed by atoms with Crippen molar-refractivity contribution in [3.05, 3.63) is 65.2 Å². The van der Waals surface area contributed by atoms with Crippen LogP contribution in [-0.4, -0.2) is 25.5 Å². The number of fused-ring (bicyclic) bond motifs is 3. The molecule has 0 heterocycles. The van der Waals surface area contributed by atoms with Gasteiger partial charge in [0.25, 0.3) is 0 Å². The first-order chi connectivity index (χ1) is 9.18. The molecule has 0 fully saturated rings. The highest BCUT2D eigenvalue weighted by Gasteiger charge is 2.23. The molecular formula is C18H19N. The Balaban J connectivity index is 2.23. The van der Waals surface area contributed by atoms with E-state index in [2.05, 4.69) is 74.5 Å². The van der Waals surface area contributed by atoms with Gasteiger partial charge in [0, 0.05) is 6.54 Å². The van der Waals surface area contributed by atoms with Crippen LogP contribution >= 0.6 is 0 Å². The molecule has 0 unspecified atom stereocenters. The Kier molecular flexibility index (Phi) is 3.00. The molecule has 0 radical (unpaired) electrons. The highest BCUT2D eigenvalue weighted by Crippen LogP contribution is 2.45. The van der Waals surface area contributed by atoms with E-state index in [-0.39, 0.29) is 0 Å². The molecule has 0 amide bonds. The van der Waals surface area contributed by atoms with Crippen molar-refractivity contribution in [2.45, 2.75) is 6.92 Å². The van der Waals surface area contributed by atoms with Gasteiger partial charge in [-0.1, -0.05) is 48.5 Å². The molecular weight excluding hydrogens is 230 g/mol. The maximum atomic E-state index is 2.34. The largest absolute Gasteiger partial charge is 0.306 e. The SMILES string of the molecule is Cc1cccc2c1/C(=C\CN(C)C)c1ccccc1-2. The second-order valence-electron chi connectivity index (χ2n) is 5.42. The van der Waals surface area contributed by atoms with Gasteiger partial charge in [0.1, 0.15) is 0 Å². The average Bonchev–Trinajstić information content (AvgIpc) is 2.72. The molecule has 0 bridgehead atoms. The minimum atomic E-state index is 0.970. The summed E-state index contributed by atoms with van der Waals surface area (Å²) in [5.74, 6) is 0. The van der Waals surface area contributed by atoms with E-state index in [1.54, 1.807) is 0 Å². The van der Waals surface area contributed by atoms with Crippen molar-refractivity contribution in [2.75, 3.05) is 20.6 Å². The summed E-state index contributed by atoms with van der Waals surface area (Å²) in [6.07, 6.45) is 2.34. The fraction of sp³-hybridized carbons (Fsp3) is 0.222. The van der Waals surface area contributed by atoms with Gasteiger partial charge < -0.3 is 4.90 Å². The van der Waals surface area contributed by atoms with E-state index < -0.39 is 0 Å². The third-order valence-electron chi connectivity index (χ3n) is 3.71. The van der Waals surface area contributed by atoms with E-state index in [1.807, 2.05) is 0 Å². The smallest absolute Gasteiger partial charge is 0.0166 e.